The second-order valence-electron chi connectivity index (χ2n) is 6.99. The van der Waals surface area contributed by atoms with Crippen LogP contribution in [0.3, 0.4) is 0 Å². The fraction of sp³-hybridized carbons (Fsp3) is 0.217. The molecule has 1 amide bonds. The summed E-state index contributed by atoms with van der Waals surface area (Å²) in [5, 5.41) is 2.96. The van der Waals surface area contributed by atoms with Gasteiger partial charge in [-0.2, -0.15) is 0 Å². The molecule has 1 aliphatic rings. The van der Waals surface area contributed by atoms with E-state index in [1.165, 1.54) is 16.7 Å². The minimum Gasteiger partial charge on any atom is -0.352 e. The van der Waals surface area contributed by atoms with Gasteiger partial charge in [-0.1, -0.05) is 60.2 Å². The molecule has 0 atom stereocenters. The number of carbonyl (C=O) groups excluding carboxylic acids is 1. The number of anilines is 1. The molecule has 0 fully saturated rings. The number of pyridine rings is 1. The number of nitrogens with one attached hydrogen (secondary N) is 1. The third kappa shape index (κ3) is 4.00. The number of rotatable bonds is 4. The van der Waals surface area contributed by atoms with Crippen molar-refractivity contribution in [3.05, 3.63) is 94.7 Å². The van der Waals surface area contributed by atoms with E-state index in [1.807, 2.05) is 24.3 Å². The second-order valence-corrected chi connectivity index (χ2v) is 6.99. The first kappa shape index (κ1) is 17.3. The zero-order valence-electron chi connectivity index (χ0n) is 15.5. The van der Waals surface area contributed by atoms with Crippen molar-refractivity contribution >= 4 is 11.7 Å². The summed E-state index contributed by atoms with van der Waals surface area (Å²) in [7, 11) is 0. The molecule has 27 heavy (non-hydrogen) atoms. The number of aryl methyl sites for hydroxylation is 1. The molecule has 4 rings (SSSR count). The smallest absolute Gasteiger partial charge is 0.270 e. The molecule has 0 unspecified atom stereocenters. The predicted molar refractivity (Wildman–Crippen MR) is 108 cm³/mol. The van der Waals surface area contributed by atoms with E-state index in [0.29, 0.717) is 12.2 Å². The molecule has 136 valence electrons. The molecule has 0 saturated heterocycles. The Morgan fingerprint density at radius 1 is 1.00 bits per heavy atom. The number of hydrogen-bond donors (Lipinski definition) is 1. The van der Waals surface area contributed by atoms with Crippen molar-refractivity contribution in [2.45, 2.75) is 26.4 Å². The molecule has 3 aromatic rings. The Morgan fingerprint density at radius 3 is 2.59 bits per heavy atom. The lowest BCUT2D eigenvalue weighted by Gasteiger charge is -2.29. The first-order chi connectivity index (χ1) is 13.2. The lowest BCUT2D eigenvalue weighted by atomic mass is 10.00. The van der Waals surface area contributed by atoms with Crippen molar-refractivity contribution in [1.82, 2.24) is 10.3 Å². The van der Waals surface area contributed by atoms with E-state index in [2.05, 4.69) is 58.5 Å². The highest BCUT2D eigenvalue weighted by Crippen LogP contribution is 2.23. The first-order valence-electron chi connectivity index (χ1n) is 9.31. The summed E-state index contributed by atoms with van der Waals surface area (Å²) in [5.74, 6) is 0.710. The maximum Gasteiger partial charge on any atom is 0.270 e. The third-order valence-electron chi connectivity index (χ3n) is 5.00. The van der Waals surface area contributed by atoms with E-state index in [4.69, 9.17) is 0 Å². The topological polar surface area (TPSA) is 45.2 Å². The first-order valence-corrected chi connectivity index (χ1v) is 9.31. The molecule has 2 aromatic carbocycles. The Bertz CT molecular complexity index is 950. The molecule has 0 aliphatic carbocycles. The standard InChI is InChI=1S/C23H23N3O/c1-17-9-11-18(12-10-17)15-24-23(27)21-7-4-8-22(25-21)26-14-13-19-5-2-3-6-20(19)16-26/h2-12H,13-16H2,1H3,(H,24,27). The molecule has 4 nitrogen and oxygen atoms in total. The Kier molecular flexibility index (Phi) is 4.88. The van der Waals surface area contributed by atoms with Gasteiger partial charge in [0.25, 0.3) is 5.91 Å². The van der Waals surface area contributed by atoms with Gasteiger partial charge in [-0.3, -0.25) is 4.79 Å². The highest BCUT2D eigenvalue weighted by atomic mass is 16.1. The number of hydrogen-bond acceptors (Lipinski definition) is 3. The van der Waals surface area contributed by atoms with Gasteiger partial charge in [-0.15, -0.1) is 0 Å². The van der Waals surface area contributed by atoms with Crippen LogP contribution in [0.15, 0.2) is 66.7 Å². The Balaban J connectivity index is 1.44. The largest absolute Gasteiger partial charge is 0.352 e. The van der Waals surface area contributed by atoms with Crippen molar-refractivity contribution < 1.29 is 4.79 Å². The molecule has 1 aliphatic heterocycles. The lowest BCUT2D eigenvalue weighted by Crippen LogP contribution is -2.31. The van der Waals surface area contributed by atoms with Gasteiger partial charge in [0.05, 0.1) is 0 Å². The predicted octanol–water partition coefficient (Wildman–Crippen LogP) is 3.88. The summed E-state index contributed by atoms with van der Waals surface area (Å²) >= 11 is 0. The molecule has 4 heteroatoms. The van der Waals surface area contributed by atoms with Gasteiger partial charge in [0.15, 0.2) is 0 Å². The summed E-state index contributed by atoms with van der Waals surface area (Å²) in [6.45, 7) is 4.30. The van der Waals surface area contributed by atoms with Crippen molar-refractivity contribution in [3.63, 3.8) is 0 Å². The van der Waals surface area contributed by atoms with Crippen LogP contribution in [0.4, 0.5) is 5.82 Å². The normalized spacial score (nSPS) is 13.1. The van der Waals surface area contributed by atoms with Crippen LogP contribution in [0.25, 0.3) is 0 Å². The minimum atomic E-state index is -0.144. The zero-order valence-corrected chi connectivity index (χ0v) is 15.5. The average Bonchev–Trinajstić information content (AvgIpc) is 2.73. The van der Waals surface area contributed by atoms with Crippen molar-refractivity contribution in [2.24, 2.45) is 0 Å². The number of nitrogens with zero attached hydrogens (tertiary/aromatic N) is 2. The molecule has 1 N–H and O–H groups in total. The van der Waals surface area contributed by atoms with E-state index in [1.54, 1.807) is 6.07 Å². The maximum atomic E-state index is 12.5. The highest BCUT2D eigenvalue weighted by molar-refractivity contribution is 5.92. The second kappa shape index (κ2) is 7.62. The van der Waals surface area contributed by atoms with Gasteiger partial charge in [0.2, 0.25) is 0 Å². The molecule has 0 saturated carbocycles. The van der Waals surface area contributed by atoms with Crippen molar-refractivity contribution in [2.75, 3.05) is 11.4 Å². The van der Waals surface area contributed by atoms with Crippen LogP contribution in [-0.2, 0) is 19.5 Å². The molecular weight excluding hydrogens is 334 g/mol. The van der Waals surface area contributed by atoms with Crippen LogP contribution < -0.4 is 10.2 Å². The molecule has 0 radical (unpaired) electrons. The van der Waals surface area contributed by atoms with Crippen LogP contribution in [0.2, 0.25) is 0 Å². The molecule has 2 heterocycles. The zero-order chi connectivity index (χ0) is 18.6. The number of benzene rings is 2. The fourth-order valence-electron chi connectivity index (χ4n) is 3.40. The maximum absolute atomic E-state index is 12.5. The number of carbonyl (C=O) groups is 1. The van der Waals surface area contributed by atoms with E-state index in [0.717, 1.165) is 30.9 Å². The highest BCUT2D eigenvalue weighted by Gasteiger charge is 2.18. The van der Waals surface area contributed by atoms with Gasteiger partial charge in [-0.25, -0.2) is 4.98 Å². The summed E-state index contributed by atoms with van der Waals surface area (Å²) in [4.78, 5) is 19.4. The van der Waals surface area contributed by atoms with Crippen LogP contribution in [0, 0.1) is 6.92 Å². The van der Waals surface area contributed by atoms with E-state index in [9.17, 15) is 4.79 Å². The summed E-state index contributed by atoms with van der Waals surface area (Å²) in [6.07, 6.45) is 1.00. The Labute approximate surface area is 159 Å². The summed E-state index contributed by atoms with van der Waals surface area (Å²) in [6, 6.07) is 22.3. The van der Waals surface area contributed by atoms with Gasteiger partial charge in [-0.05, 0) is 42.2 Å². The van der Waals surface area contributed by atoms with Crippen LogP contribution in [0.5, 0.6) is 0 Å². The fourth-order valence-corrected chi connectivity index (χ4v) is 3.40. The number of aromatic nitrogens is 1. The Morgan fingerprint density at radius 2 is 1.78 bits per heavy atom. The molecule has 1 aromatic heterocycles. The van der Waals surface area contributed by atoms with Gasteiger partial charge >= 0.3 is 0 Å². The summed E-state index contributed by atoms with van der Waals surface area (Å²) < 4.78 is 0. The SMILES string of the molecule is Cc1ccc(CNC(=O)c2cccc(N3CCc4ccccc4C3)n2)cc1. The monoisotopic (exact) mass is 357 g/mol. The quantitative estimate of drug-likeness (QED) is 0.771. The molecule has 0 spiro atoms. The molecular formula is C23H23N3O. The Hall–Kier alpha value is -3.14. The van der Waals surface area contributed by atoms with Crippen LogP contribution >= 0.6 is 0 Å². The lowest BCUT2D eigenvalue weighted by molar-refractivity contribution is 0.0946. The van der Waals surface area contributed by atoms with Crippen molar-refractivity contribution in [3.8, 4) is 0 Å². The van der Waals surface area contributed by atoms with Gasteiger partial charge < -0.3 is 10.2 Å². The third-order valence-corrected chi connectivity index (χ3v) is 5.00. The van der Waals surface area contributed by atoms with E-state index in [-0.39, 0.29) is 5.91 Å². The average molecular weight is 357 g/mol. The van der Waals surface area contributed by atoms with Crippen molar-refractivity contribution in [1.29, 1.82) is 0 Å². The summed E-state index contributed by atoms with van der Waals surface area (Å²) in [5.41, 5.74) is 5.49. The van der Waals surface area contributed by atoms with Crippen LogP contribution in [-0.4, -0.2) is 17.4 Å². The minimum absolute atomic E-state index is 0.144. The van der Waals surface area contributed by atoms with Gasteiger partial charge in [0, 0.05) is 19.6 Å². The number of fused-ring (bicyclic) bond motifs is 1. The number of amides is 1. The van der Waals surface area contributed by atoms with Crippen LogP contribution in [0.1, 0.15) is 32.7 Å². The molecule has 0 bridgehead atoms. The van der Waals surface area contributed by atoms with E-state index < -0.39 is 0 Å². The van der Waals surface area contributed by atoms with Gasteiger partial charge in [0.1, 0.15) is 11.5 Å². The van der Waals surface area contributed by atoms with E-state index >= 15 is 0 Å².